The molecule has 1 aliphatic rings. The fraction of sp³-hybridized carbons (Fsp3) is 0.286. The van der Waals surface area contributed by atoms with E-state index in [0.29, 0.717) is 16.7 Å². The molecule has 2 aromatic heterocycles. The topological polar surface area (TPSA) is 115 Å². The van der Waals surface area contributed by atoms with E-state index in [4.69, 9.17) is 9.68 Å². The van der Waals surface area contributed by atoms with Crippen molar-refractivity contribution in [3.63, 3.8) is 0 Å². The van der Waals surface area contributed by atoms with Crippen LogP contribution in [0, 0.1) is 18.3 Å². The smallest absolute Gasteiger partial charge is 0.287 e. The summed E-state index contributed by atoms with van der Waals surface area (Å²) in [5, 5.41) is 19.6. The summed E-state index contributed by atoms with van der Waals surface area (Å²) in [6, 6.07) is 17.2. The van der Waals surface area contributed by atoms with Gasteiger partial charge in [-0.2, -0.15) is 10.4 Å². The van der Waals surface area contributed by atoms with Gasteiger partial charge in [0.25, 0.3) is 5.91 Å². The number of hydrogen-bond acceptors (Lipinski definition) is 6. The van der Waals surface area contributed by atoms with Crippen molar-refractivity contribution in [3.05, 3.63) is 88.4 Å². The van der Waals surface area contributed by atoms with Gasteiger partial charge in [-0.1, -0.05) is 18.2 Å². The number of amides is 1. The van der Waals surface area contributed by atoms with Crippen molar-refractivity contribution >= 4 is 22.7 Å². The molecular weight excluding hydrogens is 454 g/mol. The predicted octanol–water partition coefficient (Wildman–Crippen LogP) is 4.16. The quantitative estimate of drug-likeness (QED) is 0.383. The minimum atomic E-state index is -0.219. The molecule has 2 aromatic carbocycles. The molecule has 1 saturated heterocycles. The molecule has 0 saturated carbocycles. The van der Waals surface area contributed by atoms with Crippen LogP contribution in [0.3, 0.4) is 0 Å². The van der Waals surface area contributed by atoms with E-state index >= 15 is 0 Å². The van der Waals surface area contributed by atoms with Crippen LogP contribution in [0.5, 0.6) is 0 Å². The first-order chi connectivity index (χ1) is 17.5. The number of furan rings is 1. The van der Waals surface area contributed by atoms with Crippen molar-refractivity contribution in [2.75, 3.05) is 13.1 Å². The molecule has 2 N–H and O–H groups in total. The molecule has 0 aliphatic carbocycles. The minimum absolute atomic E-state index is 0.00686. The normalized spacial score (nSPS) is 14.6. The molecule has 1 fully saturated rings. The highest BCUT2D eigenvalue weighted by molar-refractivity contribution is 5.99. The molecule has 1 aliphatic heterocycles. The van der Waals surface area contributed by atoms with Gasteiger partial charge in [-0.3, -0.25) is 19.6 Å². The van der Waals surface area contributed by atoms with Gasteiger partial charge in [0.1, 0.15) is 5.58 Å². The number of likely N-dealkylation sites (tertiary alicyclic amines) is 1. The van der Waals surface area contributed by atoms with Gasteiger partial charge in [0.05, 0.1) is 23.4 Å². The lowest BCUT2D eigenvalue weighted by molar-refractivity contribution is 0.0882. The number of piperidine rings is 1. The van der Waals surface area contributed by atoms with E-state index in [1.165, 1.54) is 5.56 Å². The maximum atomic E-state index is 12.9. The van der Waals surface area contributed by atoms with Gasteiger partial charge in [-0.25, -0.2) is 0 Å². The molecule has 36 heavy (non-hydrogen) atoms. The number of aromatic amines is 1. The number of hydrogen-bond donors (Lipinski definition) is 2. The number of benzene rings is 2. The Kier molecular flexibility index (Phi) is 6.65. The van der Waals surface area contributed by atoms with E-state index in [-0.39, 0.29) is 29.9 Å². The number of carbonyl (C=O) groups is 2. The van der Waals surface area contributed by atoms with Crippen LogP contribution < -0.4 is 5.32 Å². The van der Waals surface area contributed by atoms with Crippen molar-refractivity contribution < 1.29 is 14.0 Å². The average molecular weight is 482 g/mol. The van der Waals surface area contributed by atoms with Crippen molar-refractivity contribution in [1.29, 1.82) is 5.26 Å². The number of fused-ring (bicyclic) bond motifs is 1. The molecule has 3 heterocycles. The zero-order valence-electron chi connectivity index (χ0n) is 20.1. The number of nitrogens with zero attached hydrogens (tertiary/aromatic N) is 3. The van der Waals surface area contributed by atoms with Crippen LogP contribution in [0.25, 0.3) is 11.0 Å². The molecule has 5 rings (SSSR count). The number of nitriles is 1. The van der Waals surface area contributed by atoms with Crippen LogP contribution in [0.2, 0.25) is 0 Å². The number of aromatic nitrogens is 2. The Bertz CT molecular complexity index is 1440. The van der Waals surface area contributed by atoms with Crippen LogP contribution in [-0.4, -0.2) is 45.9 Å². The molecule has 8 heteroatoms. The summed E-state index contributed by atoms with van der Waals surface area (Å²) in [4.78, 5) is 27.8. The Morgan fingerprint density at radius 2 is 1.89 bits per heavy atom. The molecule has 0 radical (unpaired) electrons. The SMILES string of the molecule is Cc1[nH]ncc1C(=O)Cc1ccc2oc(C(=O)NC3CCN(Cc4ccc(C#N)cc4)CC3)cc2c1. The lowest BCUT2D eigenvalue weighted by atomic mass is 10.0. The van der Waals surface area contributed by atoms with Crippen molar-refractivity contribution in [2.45, 2.75) is 38.8 Å². The summed E-state index contributed by atoms with van der Waals surface area (Å²) in [7, 11) is 0. The highest BCUT2D eigenvalue weighted by Crippen LogP contribution is 2.23. The first kappa shape index (κ1) is 23.5. The Balaban J connectivity index is 1.16. The standard InChI is InChI=1S/C28H27N5O3/c1-18-24(16-30-32-18)25(34)13-21-6-7-26-22(12-21)14-27(36-26)28(35)31-23-8-10-33(11-9-23)17-20-4-2-19(15-29)3-5-20/h2-7,12,14,16,23H,8-11,13,17H2,1H3,(H,30,32)(H,31,35). The Morgan fingerprint density at radius 3 is 2.58 bits per heavy atom. The zero-order chi connectivity index (χ0) is 25.1. The number of aryl methyl sites for hydroxylation is 1. The van der Waals surface area contributed by atoms with E-state index in [9.17, 15) is 9.59 Å². The number of ketones is 1. The highest BCUT2D eigenvalue weighted by Gasteiger charge is 2.23. The largest absolute Gasteiger partial charge is 0.451 e. The first-order valence-corrected chi connectivity index (χ1v) is 12.1. The molecule has 0 atom stereocenters. The Hall–Kier alpha value is -4.22. The van der Waals surface area contributed by atoms with E-state index in [2.05, 4.69) is 26.5 Å². The fourth-order valence-electron chi connectivity index (χ4n) is 4.66. The highest BCUT2D eigenvalue weighted by atomic mass is 16.3. The number of carbonyl (C=O) groups excluding carboxylic acids is 2. The first-order valence-electron chi connectivity index (χ1n) is 12.1. The lowest BCUT2D eigenvalue weighted by Gasteiger charge is -2.32. The predicted molar refractivity (Wildman–Crippen MR) is 134 cm³/mol. The molecular formula is C28H27N5O3. The molecule has 0 bridgehead atoms. The van der Waals surface area contributed by atoms with E-state index < -0.39 is 0 Å². The molecule has 0 unspecified atom stereocenters. The third-order valence-corrected chi connectivity index (χ3v) is 6.71. The number of H-pyrrole nitrogens is 1. The van der Waals surface area contributed by atoms with Crippen molar-refractivity contribution in [2.24, 2.45) is 0 Å². The van der Waals surface area contributed by atoms with Gasteiger partial charge in [0.2, 0.25) is 0 Å². The Labute approximate surface area is 208 Å². The fourth-order valence-corrected chi connectivity index (χ4v) is 4.66. The summed E-state index contributed by atoms with van der Waals surface area (Å²) in [6.07, 6.45) is 3.53. The van der Waals surface area contributed by atoms with Crippen LogP contribution in [0.15, 0.2) is 59.1 Å². The summed E-state index contributed by atoms with van der Waals surface area (Å²) in [5.41, 5.74) is 4.66. The summed E-state index contributed by atoms with van der Waals surface area (Å²) >= 11 is 0. The molecule has 182 valence electrons. The third-order valence-electron chi connectivity index (χ3n) is 6.71. The monoisotopic (exact) mass is 481 g/mol. The van der Waals surface area contributed by atoms with Gasteiger partial charge in [0.15, 0.2) is 11.5 Å². The molecule has 4 aromatic rings. The van der Waals surface area contributed by atoms with Crippen molar-refractivity contribution in [3.8, 4) is 6.07 Å². The van der Waals surface area contributed by atoms with Crippen molar-refractivity contribution in [1.82, 2.24) is 20.4 Å². The number of nitrogens with one attached hydrogen (secondary N) is 2. The molecule has 8 nitrogen and oxygen atoms in total. The second-order valence-electron chi connectivity index (χ2n) is 9.32. The number of Topliss-reactive ketones (excluding diaryl/α,β-unsaturated/α-hetero) is 1. The Morgan fingerprint density at radius 1 is 1.14 bits per heavy atom. The van der Waals surface area contributed by atoms with Crippen LogP contribution >= 0.6 is 0 Å². The van der Waals surface area contributed by atoms with Crippen LogP contribution in [0.1, 0.15) is 56.1 Å². The summed E-state index contributed by atoms with van der Waals surface area (Å²) < 4.78 is 5.80. The third kappa shape index (κ3) is 5.21. The zero-order valence-corrected chi connectivity index (χ0v) is 20.1. The van der Waals surface area contributed by atoms with Gasteiger partial charge in [-0.05, 0) is 61.2 Å². The molecule has 0 spiro atoms. The summed E-state index contributed by atoms with van der Waals surface area (Å²) in [5.74, 6) is 0.0511. The second-order valence-corrected chi connectivity index (χ2v) is 9.32. The lowest BCUT2D eigenvalue weighted by Crippen LogP contribution is -2.44. The maximum Gasteiger partial charge on any atom is 0.287 e. The van der Waals surface area contributed by atoms with Gasteiger partial charge in [0, 0.05) is 43.2 Å². The average Bonchev–Trinajstić information content (AvgIpc) is 3.51. The second kappa shape index (κ2) is 10.2. The van der Waals surface area contributed by atoms with Gasteiger partial charge >= 0.3 is 0 Å². The van der Waals surface area contributed by atoms with E-state index in [0.717, 1.165) is 49.1 Å². The molecule has 1 amide bonds. The number of rotatable bonds is 7. The minimum Gasteiger partial charge on any atom is -0.451 e. The van der Waals surface area contributed by atoms with Crippen LogP contribution in [0.4, 0.5) is 0 Å². The van der Waals surface area contributed by atoms with Gasteiger partial charge < -0.3 is 9.73 Å². The maximum absolute atomic E-state index is 12.9. The van der Waals surface area contributed by atoms with E-state index in [1.807, 2.05) is 43.3 Å². The van der Waals surface area contributed by atoms with E-state index in [1.54, 1.807) is 18.3 Å². The van der Waals surface area contributed by atoms with Crippen LogP contribution in [-0.2, 0) is 13.0 Å². The van der Waals surface area contributed by atoms with Gasteiger partial charge in [-0.15, -0.1) is 0 Å². The summed E-state index contributed by atoms with van der Waals surface area (Å²) in [6.45, 7) is 4.43.